The zero-order valence-electron chi connectivity index (χ0n) is 10.3. The summed E-state index contributed by atoms with van der Waals surface area (Å²) in [6.07, 6.45) is 0. The second-order valence-electron chi connectivity index (χ2n) is 4.16. The van der Waals surface area contributed by atoms with Crippen LogP contribution in [0.4, 0.5) is 5.69 Å². The maximum Gasteiger partial charge on any atom is 0.322 e. The number of benzene rings is 1. The molecule has 18 heavy (non-hydrogen) atoms. The van der Waals surface area contributed by atoms with Crippen LogP contribution in [0.25, 0.3) is 0 Å². The second-order valence-corrected chi connectivity index (χ2v) is 4.16. The molecule has 5 heteroatoms. The molecule has 0 N–H and O–H groups in total. The molecule has 0 bridgehead atoms. The fraction of sp³-hybridized carbons (Fsp3) is 0.385. The first-order valence-electron chi connectivity index (χ1n) is 5.87. The lowest BCUT2D eigenvalue weighted by Crippen LogP contribution is -2.46. The lowest BCUT2D eigenvalue weighted by Gasteiger charge is -2.34. The summed E-state index contributed by atoms with van der Waals surface area (Å²) in [5.41, 5.74) is 1.76. The average molecular weight is 245 g/mol. The molecule has 2 rings (SSSR count). The van der Waals surface area contributed by atoms with E-state index in [0.29, 0.717) is 18.7 Å². The molecule has 1 aliphatic heterocycles. The molecule has 0 amide bonds. The number of hydrogen-bond donors (Lipinski definition) is 0. The number of anilines is 1. The molecule has 5 nitrogen and oxygen atoms in total. The standard InChI is InChI=1S/C13H15N3O2/c1-11(17)18-16-8-6-15(7-9-16)13-4-2-12(10-14)3-5-13/h2-5H,6-9H2,1H3. The van der Waals surface area contributed by atoms with E-state index in [1.807, 2.05) is 24.3 Å². The molecule has 1 saturated heterocycles. The van der Waals surface area contributed by atoms with Gasteiger partial charge < -0.3 is 9.74 Å². The molecule has 1 aliphatic rings. The zero-order valence-corrected chi connectivity index (χ0v) is 10.3. The fourth-order valence-electron chi connectivity index (χ4n) is 1.97. The Balaban J connectivity index is 1.93. The monoisotopic (exact) mass is 245 g/mol. The van der Waals surface area contributed by atoms with Crippen molar-refractivity contribution in [2.45, 2.75) is 6.92 Å². The van der Waals surface area contributed by atoms with E-state index in [-0.39, 0.29) is 5.97 Å². The van der Waals surface area contributed by atoms with Crippen LogP contribution in [-0.4, -0.2) is 37.2 Å². The van der Waals surface area contributed by atoms with Crippen LogP contribution in [0.15, 0.2) is 24.3 Å². The highest BCUT2D eigenvalue weighted by atomic mass is 16.7. The third-order valence-corrected chi connectivity index (χ3v) is 2.86. The first-order chi connectivity index (χ1) is 8.69. The number of carbonyl (C=O) groups excluding carboxylic acids is 1. The summed E-state index contributed by atoms with van der Waals surface area (Å²) in [5.74, 6) is -0.276. The summed E-state index contributed by atoms with van der Waals surface area (Å²) in [4.78, 5) is 18.1. The third kappa shape index (κ3) is 2.99. The molecule has 94 valence electrons. The summed E-state index contributed by atoms with van der Waals surface area (Å²) in [6, 6.07) is 9.62. The Morgan fingerprint density at radius 3 is 2.33 bits per heavy atom. The van der Waals surface area contributed by atoms with Gasteiger partial charge in [0, 0.05) is 25.7 Å². The normalized spacial score (nSPS) is 16.1. The molecule has 0 saturated carbocycles. The quantitative estimate of drug-likeness (QED) is 0.782. The topological polar surface area (TPSA) is 56.6 Å². The van der Waals surface area contributed by atoms with Crippen molar-refractivity contribution in [3.05, 3.63) is 29.8 Å². The first kappa shape index (κ1) is 12.4. The van der Waals surface area contributed by atoms with Gasteiger partial charge in [-0.25, -0.2) is 0 Å². The first-order valence-corrected chi connectivity index (χ1v) is 5.87. The number of carbonyl (C=O) groups is 1. The summed E-state index contributed by atoms with van der Waals surface area (Å²) in [5, 5.41) is 10.4. The minimum Gasteiger partial charge on any atom is -0.369 e. The van der Waals surface area contributed by atoms with Crippen LogP contribution in [0.5, 0.6) is 0 Å². The zero-order chi connectivity index (χ0) is 13.0. The van der Waals surface area contributed by atoms with Crippen LogP contribution >= 0.6 is 0 Å². The molecule has 0 atom stereocenters. The van der Waals surface area contributed by atoms with Gasteiger partial charge in [0.05, 0.1) is 24.7 Å². The maximum atomic E-state index is 10.8. The van der Waals surface area contributed by atoms with Crippen LogP contribution in [0.3, 0.4) is 0 Å². The summed E-state index contributed by atoms with van der Waals surface area (Å²) in [7, 11) is 0. The van der Waals surface area contributed by atoms with Crippen molar-refractivity contribution < 1.29 is 9.63 Å². The number of piperazine rings is 1. The predicted molar refractivity (Wildman–Crippen MR) is 66.7 cm³/mol. The van der Waals surface area contributed by atoms with E-state index in [0.717, 1.165) is 18.8 Å². The van der Waals surface area contributed by atoms with E-state index in [9.17, 15) is 4.79 Å². The van der Waals surface area contributed by atoms with Crippen molar-refractivity contribution in [1.29, 1.82) is 5.26 Å². The molecule has 1 aromatic carbocycles. The van der Waals surface area contributed by atoms with Gasteiger partial charge in [-0.15, -0.1) is 5.06 Å². The molecule has 0 unspecified atom stereocenters. The Morgan fingerprint density at radius 2 is 1.83 bits per heavy atom. The van der Waals surface area contributed by atoms with E-state index in [1.165, 1.54) is 6.92 Å². The van der Waals surface area contributed by atoms with E-state index >= 15 is 0 Å². The van der Waals surface area contributed by atoms with E-state index in [2.05, 4.69) is 11.0 Å². The fourth-order valence-corrected chi connectivity index (χ4v) is 1.97. The van der Waals surface area contributed by atoms with Gasteiger partial charge in [0.2, 0.25) is 0 Å². The van der Waals surface area contributed by atoms with Crippen molar-refractivity contribution in [2.75, 3.05) is 31.1 Å². The number of rotatable bonds is 2. The van der Waals surface area contributed by atoms with Gasteiger partial charge in [-0.2, -0.15) is 5.26 Å². The number of nitrogens with zero attached hydrogens (tertiary/aromatic N) is 3. The van der Waals surface area contributed by atoms with Crippen LogP contribution in [-0.2, 0) is 9.63 Å². The molecule has 0 aromatic heterocycles. The SMILES string of the molecule is CC(=O)ON1CCN(c2ccc(C#N)cc2)CC1. The molecule has 1 fully saturated rings. The van der Waals surface area contributed by atoms with Crippen molar-refractivity contribution in [3.63, 3.8) is 0 Å². The van der Waals surface area contributed by atoms with Crippen molar-refractivity contribution in [2.24, 2.45) is 0 Å². The number of nitriles is 1. The molecule has 0 spiro atoms. The Labute approximate surface area is 106 Å². The van der Waals surface area contributed by atoms with Crippen LogP contribution in [0.2, 0.25) is 0 Å². The van der Waals surface area contributed by atoms with Crippen molar-refractivity contribution in [3.8, 4) is 6.07 Å². The van der Waals surface area contributed by atoms with Gasteiger partial charge in [-0.1, -0.05) is 0 Å². The maximum absolute atomic E-state index is 10.8. The highest BCUT2D eigenvalue weighted by Crippen LogP contribution is 2.17. The van der Waals surface area contributed by atoms with Crippen LogP contribution < -0.4 is 4.90 Å². The Hall–Kier alpha value is -2.06. The highest BCUT2D eigenvalue weighted by Gasteiger charge is 2.18. The Kier molecular flexibility index (Phi) is 3.80. The van der Waals surface area contributed by atoms with E-state index < -0.39 is 0 Å². The summed E-state index contributed by atoms with van der Waals surface area (Å²) in [6.45, 7) is 4.41. The van der Waals surface area contributed by atoms with Gasteiger partial charge >= 0.3 is 5.97 Å². The van der Waals surface area contributed by atoms with Gasteiger partial charge in [0.15, 0.2) is 0 Å². The molecule has 0 radical (unpaired) electrons. The molecule has 1 heterocycles. The van der Waals surface area contributed by atoms with Crippen LogP contribution in [0, 0.1) is 11.3 Å². The molecular formula is C13H15N3O2. The largest absolute Gasteiger partial charge is 0.369 e. The van der Waals surface area contributed by atoms with Crippen molar-refractivity contribution >= 4 is 11.7 Å². The summed E-state index contributed by atoms with van der Waals surface area (Å²) < 4.78 is 0. The molecule has 0 aliphatic carbocycles. The average Bonchev–Trinajstić information content (AvgIpc) is 2.39. The van der Waals surface area contributed by atoms with Gasteiger partial charge in [-0.05, 0) is 24.3 Å². The summed E-state index contributed by atoms with van der Waals surface area (Å²) >= 11 is 0. The van der Waals surface area contributed by atoms with Gasteiger partial charge in [0.25, 0.3) is 0 Å². The Morgan fingerprint density at radius 1 is 1.22 bits per heavy atom. The number of hydroxylamine groups is 2. The van der Waals surface area contributed by atoms with E-state index in [1.54, 1.807) is 5.06 Å². The lowest BCUT2D eigenvalue weighted by atomic mass is 10.2. The third-order valence-electron chi connectivity index (χ3n) is 2.86. The minimum atomic E-state index is -0.276. The smallest absolute Gasteiger partial charge is 0.322 e. The van der Waals surface area contributed by atoms with Gasteiger partial charge in [0.1, 0.15) is 0 Å². The van der Waals surface area contributed by atoms with Crippen molar-refractivity contribution in [1.82, 2.24) is 5.06 Å². The van der Waals surface area contributed by atoms with E-state index in [4.69, 9.17) is 10.1 Å². The predicted octanol–water partition coefficient (Wildman–Crippen LogP) is 1.16. The number of hydrogen-bond acceptors (Lipinski definition) is 5. The minimum absolute atomic E-state index is 0.276. The second kappa shape index (κ2) is 5.52. The Bertz CT molecular complexity index is 456. The highest BCUT2D eigenvalue weighted by molar-refractivity contribution is 5.65. The molecule has 1 aromatic rings. The molecular weight excluding hydrogens is 230 g/mol. The van der Waals surface area contributed by atoms with Crippen LogP contribution in [0.1, 0.15) is 12.5 Å². The van der Waals surface area contributed by atoms with Gasteiger partial charge in [-0.3, -0.25) is 4.79 Å². The lowest BCUT2D eigenvalue weighted by molar-refractivity contribution is -0.188.